The summed E-state index contributed by atoms with van der Waals surface area (Å²) in [5.74, 6) is -0.0636. The molecule has 0 aliphatic carbocycles. The lowest BCUT2D eigenvalue weighted by Gasteiger charge is -2.41. The number of hydrogen-bond donors (Lipinski definition) is 3. The van der Waals surface area contributed by atoms with Gasteiger partial charge in [-0.1, -0.05) is 6.42 Å². The van der Waals surface area contributed by atoms with Gasteiger partial charge in [0.15, 0.2) is 5.69 Å². The Balaban J connectivity index is 0.00000192. The molecule has 3 N–H and O–H groups in total. The van der Waals surface area contributed by atoms with E-state index in [2.05, 4.69) is 39.6 Å². The number of nitrogens with one attached hydrogen (secondary N) is 3. The molecular formula is C16H28ClN5O. The number of H-pyrrole nitrogens is 1. The second-order valence-corrected chi connectivity index (χ2v) is 7.00. The maximum atomic E-state index is 12.5. The van der Waals surface area contributed by atoms with Gasteiger partial charge in [-0.05, 0) is 39.8 Å². The third-order valence-corrected chi connectivity index (χ3v) is 4.92. The molecule has 7 heteroatoms. The normalized spacial score (nSPS) is 18.9. The molecule has 1 saturated heterocycles. The Morgan fingerprint density at radius 1 is 1.30 bits per heavy atom. The lowest BCUT2D eigenvalue weighted by molar-refractivity contribution is 0.0793. The maximum absolute atomic E-state index is 12.5. The van der Waals surface area contributed by atoms with Gasteiger partial charge in [-0.2, -0.15) is 5.10 Å². The van der Waals surface area contributed by atoms with E-state index in [4.69, 9.17) is 0 Å². The number of rotatable bonds is 4. The van der Waals surface area contributed by atoms with Gasteiger partial charge in [0.25, 0.3) is 5.91 Å². The molecule has 0 unspecified atom stereocenters. The largest absolute Gasteiger partial charge is 0.349 e. The van der Waals surface area contributed by atoms with Crippen molar-refractivity contribution in [2.45, 2.75) is 51.6 Å². The summed E-state index contributed by atoms with van der Waals surface area (Å²) >= 11 is 0. The first-order chi connectivity index (χ1) is 10.6. The number of aromatic amines is 1. The molecule has 0 atom stereocenters. The molecule has 0 radical (unpaired) electrons. The first kappa shape index (κ1) is 18.2. The predicted molar refractivity (Wildman–Crippen MR) is 93.1 cm³/mol. The van der Waals surface area contributed by atoms with E-state index in [0.717, 1.165) is 43.9 Å². The molecule has 1 aromatic rings. The van der Waals surface area contributed by atoms with Gasteiger partial charge < -0.3 is 10.6 Å². The van der Waals surface area contributed by atoms with Crippen LogP contribution in [0.25, 0.3) is 0 Å². The van der Waals surface area contributed by atoms with Crippen molar-refractivity contribution < 1.29 is 4.79 Å². The smallest absolute Gasteiger partial charge is 0.272 e. The molecule has 130 valence electrons. The molecule has 3 rings (SSSR count). The predicted octanol–water partition coefficient (Wildman–Crippen LogP) is 1.47. The van der Waals surface area contributed by atoms with Crippen molar-refractivity contribution in [3.8, 4) is 0 Å². The molecule has 6 nitrogen and oxygen atoms in total. The van der Waals surface area contributed by atoms with Crippen molar-refractivity contribution in [2.24, 2.45) is 0 Å². The van der Waals surface area contributed by atoms with Crippen LogP contribution >= 0.6 is 12.4 Å². The Bertz CT molecular complexity index is 537. The number of carbonyl (C=O) groups is 1. The second kappa shape index (κ2) is 7.64. The fourth-order valence-electron chi connectivity index (χ4n) is 3.40. The zero-order valence-corrected chi connectivity index (χ0v) is 14.9. The minimum Gasteiger partial charge on any atom is -0.349 e. The van der Waals surface area contributed by atoms with Crippen LogP contribution < -0.4 is 10.6 Å². The van der Waals surface area contributed by atoms with E-state index >= 15 is 0 Å². The quantitative estimate of drug-likeness (QED) is 0.775. The Kier molecular flexibility index (Phi) is 6.06. The molecule has 23 heavy (non-hydrogen) atoms. The van der Waals surface area contributed by atoms with E-state index in [1.54, 1.807) is 0 Å². The van der Waals surface area contributed by atoms with Crippen LogP contribution in [-0.2, 0) is 13.0 Å². The molecule has 0 aromatic carbocycles. The number of hydrogen-bond acceptors (Lipinski definition) is 4. The van der Waals surface area contributed by atoms with Crippen LogP contribution in [0.5, 0.6) is 0 Å². The van der Waals surface area contributed by atoms with Crippen LogP contribution in [0, 0.1) is 0 Å². The first-order valence-electron chi connectivity index (χ1n) is 8.38. The Hall–Kier alpha value is -1.11. The van der Waals surface area contributed by atoms with Crippen LogP contribution in [0.1, 0.15) is 54.9 Å². The van der Waals surface area contributed by atoms with Gasteiger partial charge >= 0.3 is 0 Å². The summed E-state index contributed by atoms with van der Waals surface area (Å²) in [6, 6.07) is 0. The number of carbonyl (C=O) groups excluding carboxylic acids is 1. The fraction of sp³-hybridized carbons (Fsp3) is 0.750. The monoisotopic (exact) mass is 341 g/mol. The van der Waals surface area contributed by atoms with E-state index in [9.17, 15) is 4.79 Å². The lowest BCUT2D eigenvalue weighted by atomic mass is 9.98. The summed E-state index contributed by atoms with van der Waals surface area (Å²) in [4.78, 5) is 15.0. The molecule has 0 saturated carbocycles. The van der Waals surface area contributed by atoms with Gasteiger partial charge in [0, 0.05) is 42.9 Å². The number of nitrogens with zero attached hydrogens (tertiary/aromatic N) is 2. The minimum absolute atomic E-state index is 0. The molecule has 0 bridgehead atoms. The minimum atomic E-state index is -0.0636. The van der Waals surface area contributed by atoms with Crippen molar-refractivity contribution in [1.82, 2.24) is 25.7 Å². The van der Waals surface area contributed by atoms with Crippen molar-refractivity contribution in [2.75, 3.05) is 26.2 Å². The summed E-state index contributed by atoms with van der Waals surface area (Å²) in [5.41, 5.74) is 2.67. The van der Waals surface area contributed by atoms with Gasteiger partial charge in [-0.3, -0.25) is 14.8 Å². The highest BCUT2D eigenvalue weighted by atomic mass is 35.5. The standard InChI is InChI=1S/C16H27N5O.ClH/c1-16(2,21-8-4-3-5-9-21)11-18-15(22)14-12-10-17-7-6-13(12)19-20-14;/h17H,3-11H2,1-2H3,(H,18,22)(H,19,20);1H. The summed E-state index contributed by atoms with van der Waals surface area (Å²) in [5, 5.41) is 13.6. The zero-order chi connectivity index (χ0) is 15.6. The molecule has 3 heterocycles. The molecule has 2 aliphatic heterocycles. The summed E-state index contributed by atoms with van der Waals surface area (Å²) in [6.45, 7) is 9.00. The van der Waals surface area contributed by atoms with Gasteiger partial charge in [-0.25, -0.2) is 0 Å². The summed E-state index contributed by atoms with van der Waals surface area (Å²) in [6.07, 6.45) is 4.76. The third-order valence-electron chi connectivity index (χ3n) is 4.92. The van der Waals surface area contributed by atoms with Crippen LogP contribution in [0.2, 0.25) is 0 Å². The number of aromatic nitrogens is 2. The topological polar surface area (TPSA) is 73.0 Å². The van der Waals surface area contributed by atoms with Crippen LogP contribution in [0.15, 0.2) is 0 Å². The SMILES string of the molecule is CC(C)(CNC(=O)c1n[nH]c2c1CNCC2)N1CCCCC1.Cl. The highest BCUT2D eigenvalue weighted by Gasteiger charge is 2.29. The Morgan fingerprint density at radius 3 is 2.78 bits per heavy atom. The number of halogens is 1. The fourth-order valence-corrected chi connectivity index (χ4v) is 3.40. The van der Waals surface area contributed by atoms with Crippen molar-refractivity contribution in [3.63, 3.8) is 0 Å². The number of likely N-dealkylation sites (tertiary alicyclic amines) is 1. The van der Waals surface area contributed by atoms with E-state index < -0.39 is 0 Å². The van der Waals surface area contributed by atoms with Crippen LogP contribution in [0.4, 0.5) is 0 Å². The van der Waals surface area contributed by atoms with E-state index in [1.165, 1.54) is 19.3 Å². The number of fused-ring (bicyclic) bond motifs is 1. The van der Waals surface area contributed by atoms with E-state index in [0.29, 0.717) is 12.2 Å². The van der Waals surface area contributed by atoms with Crippen LogP contribution in [0.3, 0.4) is 0 Å². The highest BCUT2D eigenvalue weighted by Crippen LogP contribution is 2.20. The molecular weight excluding hydrogens is 314 g/mol. The van der Waals surface area contributed by atoms with Gasteiger partial charge in [0.05, 0.1) is 0 Å². The number of amides is 1. The molecule has 1 aromatic heterocycles. The van der Waals surface area contributed by atoms with Crippen molar-refractivity contribution >= 4 is 18.3 Å². The highest BCUT2D eigenvalue weighted by molar-refractivity contribution is 5.94. The summed E-state index contributed by atoms with van der Waals surface area (Å²) in [7, 11) is 0. The van der Waals surface area contributed by atoms with Crippen molar-refractivity contribution in [1.29, 1.82) is 0 Å². The third kappa shape index (κ3) is 4.05. The van der Waals surface area contributed by atoms with Gasteiger partial charge in [-0.15, -0.1) is 12.4 Å². The van der Waals surface area contributed by atoms with E-state index in [1.807, 2.05) is 0 Å². The molecule has 1 fully saturated rings. The Morgan fingerprint density at radius 2 is 2.04 bits per heavy atom. The number of piperidine rings is 1. The average Bonchev–Trinajstić information content (AvgIpc) is 2.98. The Labute approximate surface area is 144 Å². The van der Waals surface area contributed by atoms with Gasteiger partial charge in [0.2, 0.25) is 0 Å². The van der Waals surface area contributed by atoms with Gasteiger partial charge in [0.1, 0.15) is 0 Å². The maximum Gasteiger partial charge on any atom is 0.272 e. The average molecular weight is 342 g/mol. The lowest BCUT2D eigenvalue weighted by Crippen LogP contribution is -2.53. The summed E-state index contributed by atoms with van der Waals surface area (Å²) < 4.78 is 0. The van der Waals surface area contributed by atoms with Crippen molar-refractivity contribution in [3.05, 3.63) is 17.0 Å². The molecule has 2 aliphatic rings. The molecule has 1 amide bonds. The second-order valence-electron chi connectivity index (χ2n) is 7.00. The zero-order valence-electron chi connectivity index (χ0n) is 14.1. The van der Waals surface area contributed by atoms with Crippen LogP contribution in [-0.4, -0.2) is 52.7 Å². The first-order valence-corrected chi connectivity index (χ1v) is 8.38. The molecule has 0 spiro atoms. The van der Waals surface area contributed by atoms with E-state index in [-0.39, 0.29) is 23.9 Å².